The van der Waals surface area contributed by atoms with Crippen molar-refractivity contribution in [1.82, 2.24) is 19.7 Å². The van der Waals surface area contributed by atoms with Crippen molar-refractivity contribution in [2.75, 3.05) is 12.8 Å². The molecule has 2 aromatic heterocycles. The number of carbonyl (C=O) groups is 1. The van der Waals surface area contributed by atoms with Gasteiger partial charge in [-0.25, -0.2) is 0 Å². The number of benzene rings is 1. The van der Waals surface area contributed by atoms with Crippen LogP contribution in [0.4, 0.5) is 0 Å². The molecular weight excluding hydrogens is 388 g/mol. The lowest BCUT2D eigenvalue weighted by atomic mass is 10.1. The zero-order chi connectivity index (χ0) is 18.7. The van der Waals surface area contributed by atoms with Gasteiger partial charge < -0.3 is 4.90 Å². The Morgan fingerprint density at radius 3 is 2.81 bits per heavy atom. The van der Waals surface area contributed by atoms with Gasteiger partial charge in [0.05, 0.1) is 22.3 Å². The van der Waals surface area contributed by atoms with Crippen molar-refractivity contribution in [3.8, 4) is 5.69 Å². The molecule has 1 aromatic carbocycles. The smallest absolute Gasteiger partial charge is 0.233 e. The predicted octanol–water partition coefficient (Wildman–Crippen LogP) is 4.35. The molecule has 3 rings (SSSR count). The van der Waals surface area contributed by atoms with Gasteiger partial charge in [0.25, 0.3) is 0 Å². The average molecular weight is 407 g/mol. The quantitative estimate of drug-likeness (QED) is 0.571. The van der Waals surface area contributed by atoms with Crippen molar-refractivity contribution >= 4 is 40.6 Å². The highest BCUT2D eigenvalue weighted by molar-refractivity contribution is 7.99. The van der Waals surface area contributed by atoms with E-state index in [0.29, 0.717) is 17.5 Å². The minimum atomic E-state index is 0.0368. The zero-order valence-corrected chi connectivity index (χ0v) is 17.2. The third kappa shape index (κ3) is 4.47. The van der Waals surface area contributed by atoms with E-state index in [9.17, 15) is 4.79 Å². The number of hydrogen-bond donors (Lipinski definition) is 0. The molecule has 0 atom stereocenters. The Balaban J connectivity index is 1.65. The molecular formula is C18H19ClN4OS2. The number of aryl methyl sites for hydroxylation is 2. The molecule has 3 aromatic rings. The van der Waals surface area contributed by atoms with Gasteiger partial charge in [0, 0.05) is 11.9 Å². The summed E-state index contributed by atoms with van der Waals surface area (Å²) < 4.78 is 2.66. The van der Waals surface area contributed by atoms with Gasteiger partial charge in [-0.15, -0.1) is 21.5 Å². The van der Waals surface area contributed by atoms with E-state index in [1.54, 1.807) is 18.3 Å². The van der Waals surface area contributed by atoms with Crippen LogP contribution in [0, 0.1) is 13.8 Å². The highest BCUT2D eigenvalue weighted by Gasteiger charge is 2.15. The molecule has 0 aliphatic rings. The van der Waals surface area contributed by atoms with E-state index < -0.39 is 0 Å². The highest BCUT2D eigenvalue weighted by Crippen LogP contribution is 2.24. The number of hydrogen-bond acceptors (Lipinski definition) is 5. The second kappa shape index (κ2) is 8.24. The van der Waals surface area contributed by atoms with E-state index in [4.69, 9.17) is 11.6 Å². The lowest BCUT2D eigenvalue weighted by Gasteiger charge is -2.16. The lowest BCUT2D eigenvalue weighted by molar-refractivity contribution is -0.127. The molecule has 0 fully saturated rings. The van der Waals surface area contributed by atoms with Gasteiger partial charge in [-0.1, -0.05) is 41.1 Å². The largest absolute Gasteiger partial charge is 0.340 e. The van der Waals surface area contributed by atoms with E-state index in [0.717, 1.165) is 20.5 Å². The first-order chi connectivity index (χ1) is 12.4. The molecule has 1 amide bonds. The molecule has 0 aliphatic heterocycles. The van der Waals surface area contributed by atoms with Crippen LogP contribution in [0.5, 0.6) is 0 Å². The Morgan fingerprint density at radius 1 is 1.31 bits per heavy atom. The van der Waals surface area contributed by atoms with Gasteiger partial charge in [-0.2, -0.15) is 0 Å². The maximum Gasteiger partial charge on any atom is 0.233 e. The molecule has 136 valence electrons. The second-order valence-corrected chi connectivity index (χ2v) is 8.76. The molecule has 0 unspecified atom stereocenters. The number of carbonyl (C=O) groups excluding carboxylic acids is 1. The number of thiophene rings is 1. The summed E-state index contributed by atoms with van der Waals surface area (Å²) in [5.41, 5.74) is 3.38. The number of halogens is 1. The molecule has 0 N–H and O–H groups in total. The Morgan fingerprint density at radius 2 is 2.12 bits per heavy atom. The van der Waals surface area contributed by atoms with Gasteiger partial charge in [0.1, 0.15) is 6.33 Å². The predicted molar refractivity (Wildman–Crippen MR) is 107 cm³/mol. The van der Waals surface area contributed by atoms with E-state index in [1.807, 2.05) is 22.8 Å². The Bertz CT molecular complexity index is 922. The van der Waals surface area contributed by atoms with Crippen LogP contribution in [0.2, 0.25) is 4.34 Å². The number of aromatic nitrogens is 3. The maximum absolute atomic E-state index is 12.4. The van der Waals surface area contributed by atoms with Crippen molar-refractivity contribution in [2.24, 2.45) is 0 Å². The molecule has 0 saturated carbocycles. The fraction of sp³-hybridized carbons (Fsp3) is 0.278. The van der Waals surface area contributed by atoms with Gasteiger partial charge in [0.15, 0.2) is 5.16 Å². The number of nitrogens with zero attached hydrogens (tertiary/aromatic N) is 4. The Hall–Kier alpha value is -1.83. The maximum atomic E-state index is 12.4. The zero-order valence-electron chi connectivity index (χ0n) is 14.8. The van der Waals surface area contributed by atoms with E-state index in [-0.39, 0.29) is 5.91 Å². The van der Waals surface area contributed by atoms with E-state index >= 15 is 0 Å². The van der Waals surface area contributed by atoms with Gasteiger partial charge in [-0.3, -0.25) is 9.36 Å². The minimum absolute atomic E-state index is 0.0368. The SMILES string of the molecule is Cc1ccc(-n2cnnc2SCC(=O)N(C)Cc2ccc(Cl)s2)c(C)c1. The topological polar surface area (TPSA) is 51.0 Å². The molecule has 0 spiro atoms. The monoisotopic (exact) mass is 406 g/mol. The number of rotatable bonds is 6. The van der Waals surface area contributed by atoms with Gasteiger partial charge >= 0.3 is 0 Å². The van der Waals surface area contributed by atoms with Crippen LogP contribution in [-0.4, -0.2) is 38.4 Å². The second-order valence-electron chi connectivity index (χ2n) is 6.02. The normalized spacial score (nSPS) is 10.9. The summed E-state index contributed by atoms with van der Waals surface area (Å²) in [6.45, 7) is 4.68. The van der Waals surface area contributed by atoms with Crippen molar-refractivity contribution in [3.63, 3.8) is 0 Å². The third-order valence-corrected chi connectivity index (χ3v) is 6.04. The minimum Gasteiger partial charge on any atom is -0.340 e. The van der Waals surface area contributed by atoms with E-state index in [2.05, 4.69) is 36.2 Å². The summed E-state index contributed by atoms with van der Waals surface area (Å²) in [6.07, 6.45) is 1.68. The molecule has 0 aliphatic carbocycles. The highest BCUT2D eigenvalue weighted by atomic mass is 35.5. The summed E-state index contributed by atoms with van der Waals surface area (Å²) in [5.74, 6) is 0.342. The summed E-state index contributed by atoms with van der Waals surface area (Å²) in [6, 6.07) is 10.0. The van der Waals surface area contributed by atoms with Crippen LogP contribution >= 0.6 is 34.7 Å². The fourth-order valence-electron chi connectivity index (χ4n) is 2.56. The fourth-order valence-corrected chi connectivity index (χ4v) is 4.56. The van der Waals surface area contributed by atoms with Crippen molar-refractivity contribution < 1.29 is 4.79 Å². The molecule has 8 heteroatoms. The van der Waals surface area contributed by atoms with Crippen molar-refractivity contribution in [3.05, 3.63) is 57.0 Å². The van der Waals surface area contributed by atoms with Crippen LogP contribution in [0.3, 0.4) is 0 Å². The molecule has 0 bridgehead atoms. The molecule has 26 heavy (non-hydrogen) atoms. The summed E-state index contributed by atoms with van der Waals surface area (Å²) in [7, 11) is 1.80. The van der Waals surface area contributed by atoms with E-state index in [1.165, 1.54) is 28.7 Å². The first-order valence-corrected chi connectivity index (χ1v) is 10.2. The lowest BCUT2D eigenvalue weighted by Crippen LogP contribution is -2.27. The molecule has 0 radical (unpaired) electrons. The average Bonchev–Trinajstić information content (AvgIpc) is 3.21. The number of thioether (sulfide) groups is 1. The van der Waals surface area contributed by atoms with Gasteiger partial charge in [0.2, 0.25) is 5.91 Å². The first kappa shape index (κ1) is 18.9. The van der Waals surface area contributed by atoms with Crippen LogP contribution < -0.4 is 0 Å². The molecule has 5 nitrogen and oxygen atoms in total. The summed E-state index contributed by atoms with van der Waals surface area (Å²) in [5, 5.41) is 8.88. The van der Waals surface area contributed by atoms with Gasteiger partial charge in [-0.05, 0) is 37.6 Å². The summed E-state index contributed by atoms with van der Waals surface area (Å²) in [4.78, 5) is 15.2. The Labute approximate surface area is 166 Å². The van der Waals surface area contributed by atoms with Crippen molar-refractivity contribution in [2.45, 2.75) is 25.5 Å². The molecule has 0 saturated heterocycles. The molecule has 2 heterocycles. The van der Waals surface area contributed by atoms with Crippen molar-refractivity contribution in [1.29, 1.82) is 0 Å². The first-order valence-electron chi connectivity index (χ1n) is 8.02. The standard InChI is InChI=1S/C18H19ClN4OS2/c1-12-4-6-15(13(2)8-12)23-11-20-21-18(23)25-10-17(24)22(3)9-14-5-7-16(19)26-14/h4-8,11H,9-10H2,1-3H3. The number of amides is 1. The third-order valence-electron chi connectivity index (χ3n) is 3.90. The Kier molecular flexibility index (Phi) is 6.01. The van der Waals surface area contributed by atoms with Crippen LogP contribution in [0.15, 0.2) is 41.8 Å². The summed E-state index contributed by atoms with van der Waals surface area (Å²) >= 11 is 8.82. The van der Waals surface area contributed by atoms with Crippen LogP contribution in [-0.2, 0) is 11.3 Å². The van der Waals surface area contributed by atoms with Crippen LogP contribution in [0.25, 0.3) is 5.69 Å². The van der Waals surface area contributed by atoms with Crippen LogP contribution in [0.1, 0.15) is 16.0 Å².